The van der Waals surface area contributed by atoms with Crippen LogP contribution in [0, 0.1) is 0 Å². The highest BCUT2D eigenvalue weighted by atomic mass is 19.4. The van der Waals surface area contributed by atoms with E-state index in [0.29, 0.717) is 36.4 Å². The number of hydrogen-bond donors (Lipinski definition) is 2. The molecule has 0 radical (unpaired) electrons. The second-order valence-electron chi connectivity index (χ2n) is 10.2. The van der Waals surface area contributed by atoms with Gasteiger partial charge >= 0.3 is 6.18 Å². The van der Waals surface area contributed by atoms with Crippen LogP contribution in [0.1, 0.15) is 40.5 Å². The maximum Gasteiger partial charge on any atom is 0.416 e. The third-order valence-electron chi connectivity index (χ3n) is 6.95. The van der Waals surface area contributed by atoms with Crippen LogP contribution in [0.15, 0.2) is 55.0 Å². The van der Waals surface area contributed by atoms with E-state index in [-0.39, 0.29) is 29.0 Å². The molecule has 41 heavy (non-hydrogen) atoms. The number of nitrogens with zero attached hydrogens (tertiary/aromatic N) is 6. The number of aromatic nitrogens is 4. The van der Waals surface area contributed by atoms with E-state index in [2.05, 4.69) is 15.3 Å². The van der Waals surface area contributed by atoms with Gasteiger partial charge in [0.2, 0.25) is 5.91 Å². The summed E-state index contributed by atoms with van der Waals surface area (Å²) in [4.78, 5) is 42.2. The lowest BCUT2D eigenvalue weighted by Crippen LogP contribution is -2.43. The van der Waals surface area contributed by atoms with Gasteiger partial charge in [0, 0.05) is 48.7 Å². The summed E-state index contributed by atoms with van der Waals surface area (Å²) < 4.78 is 40.9. The van der Waals surface area contributed by atoms with E-state index in [1.54, 1.807) is 36.7 Å². The van der Waals surface area contributed by atoms with Crippen LogP contribution in [0.5, 0.6) is 0 Å². The Morgan fingerprint density at radius 2 is 1.88 bits per heavy atom. The molecule has 1 aliphatic heterocycles. The van der Waals surface area contributed by atoms with Crippen molar-refractivity contribution in [3.8, 4) is 11.3 Å². The monoisotopic (exact) mass is 566 g/mol. The number of likely N-dealkylation sites (tertiary alicyclic amines) is 1. The number of halogens is 3. The number of rotatable bonds is 6. The number of nitrogen functional groups attached to an aromatic ring is 1. The molecule has 1 fully saturated rings. The lowest BCUT2D eigenvalue weighted by Gasteiger charge is -2.33. The van der Waals surface area contributed by atoms with Crippen LogP contribution in [0.25, 0.3) is 16.8 Å². The molecular formula is C28H29F3N8O2. The van der Waals surface area contributed by atoms with Gasteiger partial charge in [0.25, 0.3) is 5.91 Å². The number of benzene rings is 1. The van der Waals surface area contributed by atoms with E-state index in [4.69, 9.17) is 10.7 Å². The number of amides is 2. The van der Waals surface area contributed by atoms with Gasteiger partial charge < -0.3 is 20.9 Å². The molecule has 214 valence electrons. The second kappa shape index (κ2) is 11.2. The molecule has 1 aliphatic rings. The molecule has 0 aliphatic carbocycles. The minimum absolute atomic E-state index is 0.0112. The van der Waals surface area contributed by atoms with Crippen LogP contribution in [0.3, 0.4) is 0 Å². The normalized spacial score (nSPS) is 15.9. The number of carbonyl (C=O) groups is 2. The predicted molar refractivity (Wildman–Crippen MR) is 147 cm³/mol. The van der Waals surface area contributed by atoms with Gasteiger partial charge in [-0.1, -0.05) is 12.1 Å². The highest BCUT2D eigenvalue weighted by Crippen LogP contribution is 2.34. The van der Waals surface area contributed by atoms with E-state index >= 15 is 0 Å². The zero-order valence-corrected chi connectivity index (χ0v) is 22.5. The summed E-state index contributed by atoms with van der Waals surface area (Å²) in [5.74, 6) is 0.297. The predicted octanol–water partition coefficient (Wildman–Crippen LogP) is 3.91. The number of likely N-dealkylation sites (N-methyl/N-ethyl adjacent to an activating group) is 1. The summed E-state index contributed by atoms with van der Waals surface area (Å²) in [7, 11) is 3.72. The van der Waals surface area contributed by atoms with E-state index in [9.17, 15) is 22.8 Å². The third kappa shape index (κ3) is 5.99. The van der Waals surface area contributed by atoms with Crippen molar-refractivity contribution in [1.82, 2.24) is 29.2 Å². The fourth-order valence-electron chi connectivity index (χ4n) is 5.00. The number of piperidine rings is 1. The van der Waals surface area contributed by atoms with Crippen LogP contribution in [0.2, 0.25) is 0 Å². The summed E-state index contributed by atoms with van der Waals surface area (Å²) in [6.45, 7) is 1.57. The third-order valence-corrected chi connectivity index (χ3v) is 6.95. The molecule has 3 aromatic heterocycles. The second-order valence-corrected chi connectivity index (χ2v) is 10.2. The Hall–Kier alpha value is -4.52. The molecule has 4 aromatic rings. The molecule has 4 heterocycles. The number of carbonyl (C=O) groups excluding carboxylic acids is 2. The number of nitrogens with one attached hydrogen (secondary N) is 1. The molecule has 0 saturated carbocycles. The zero-order valence-electron chi connectivity index (χ0n) is 22.5. The zero-order chi connectivity index (χ0) is 29.3. The van der Waals surface area contributed by atoms with Gasteiger partial charge in [-0.15, -0.1) is 0 Å². The van der Waals surface area contributed by atoms with E-state index in [0.717, 1.165) is 37.0 Å². The highest BCUT2D eigenvalue weighted by Gasteiger charge is 2.31. The Morgan fingerprint density at radius 3 is 2.59 bits per heavy atom. The largest absolute Gasteiger partial charge is 0.416 e. The summed E-state index contributed by atoms with van der Waals surface area (Å²) in [6.07, 6.45) is 1.54. The quantitative estimate of drug-likeness (QED) is 0.363. The first-order chi connectivity index (χ1) is 19.5. The van der Waals surface area contributed by atoms with E-state index in [1.807, 2.05) is 28.3 Å². The summed E-state index contributed by atoms with van der Waals surface area (Å²) in [5, 5.41) is 2.41. The molecule has 5 rings (SSSR count). The number of hydrogen-bond acceptors (Lipinski definition) is 7. The average Bonchev–Trinajstić information content (AvgIpc) is 3.34. The van der Waals surface area contributed by atoms with Crippen LogP contribution in [0.4, 0.5) is 24.8 Å². The minimum Gasteiger partial charge on any atom is -0.382 e. The molecule has 2 amide bonds. The maximum absolute atomic E-state index is 13.0. The van der Waals surface area contributed by atoms with Crippen LogP contribution in [-0.2, 0) is 11.0 Å². The van der Waals surface area contributed by atoms with Crippen molar-refractivity contribution in [2.24, 2.45) is 0 Å². The molecule has 0 bridgehead atoms. The van der Waals surface area contributed by atoms with Gasteiger partial charge in [0.05, 0.1) is 12.1 Å². The summed E-state index contributed by atoms with van der Waals surface area (Å²) >= 11 is 0. The van der Waals surface area contributed by atoms with Crippen molar-refractivity contribution in [3.05, 3.63) is 71.9 Å². The van der Waals surface area contributed by atoms with Crippen molar-refractivity contribution in [2.75, 3.05) is 44.8 Å². The fraction of sp³-hybridized carbons (Fsp3) is 0.321. The molecule has 1 saturated heterocycles. The van der Waals surface area contributed by atoms with Gasteiger partial charge in [0.15, 0.2) is 0 Å². The molecule has 10 nitrogen and oxygen atoms in total. The maximum atomic E-state index is 13.0. The van der Waals surface area contributed by atoms with Crippen LogP contribution >= 0.6 is 0 Å². The number of alkyl halides is 3. The van der Waals surface area contributed by atoms with Crippen molar-refractivity contribution < 1.29 is 22.8 Å². The highest BCUT2D eigenvalue weighted by molar-refractivity contribution is 6.04. The first kappa shape index (κ1) is 28.0. The Kier molecular flexibility index (Phi) is 7.63. The molecule has 1 unspecified atom stereocenters. The van der Waals surface area contributed by atoms with Gasteiger partial charge in [-0.2, -0.15) is 13.2 Å². The smallest absolute Gasteiger partial charge is 0.382 e. The molecule has 13 heteroatoms. The lowest BCUT2D eigenvalue weighted by molar-refractivity contribution is -0.137. The number of imidazole rings is 1. The minimum atomic E-state index is -4.55. The molecule has 0 spiro atoms. The van der Waals surface area contributed by atoms with Crippen LogP contribution in [-0.4, -0.2) is 74.7 Å². The molecule has 1 aromatic carbocycles. The van der Waals surface area contributed by atoms with Crippen molar-refractivity contribution in [2.45, 2.75) is 24.9 Å². The molecule has 1 atom stereocenters. The van der Waals surface area contributed by atoms with E-state index in [1.165, 1.54) is 0 Å². The van der Waals surface area contributed by atoms with Gasteiger partial charge in [-0.05, 0) is 51.2 Å². The molecular weight excluding hydrogens is 537 g/mol. The first-order valence-electron chi connectivity index (χ1n) is 13.0. The first-order valence-corrected chi connectivity index (χ1v) is 13.0. The van der Waals surface area contributed by atoms with Gasteiger partial charge in [-0.3, -0.25) is 14.0 Å². The standard InChI is InChI=1S/C28H29F3N8O2/c1-37(2)16-22(40)38-12-3-4-19(15-38)26-36-23(24-25(32)34-11-13-39(24)26)17-5-7-18(8-6-17)27(41)35-21-14-20(9-10-33-21)28(29,30)31/h5-11,13-14,19H,3-4,12,15-16H2,1-2H3,(H2,32,34)(H,33,35,41). The van der Waals surface area contributed by atoms with Crippen molar-refractivity contribution >= 4 is 29.0 Å². The lowest BCUT2D eigenvalue weighted by atomic mass is 9.97. The van der Waals surface area contributed by atoms with Crippen LogP contribution < -0.4 is 11.1 Å². The van der Waals surface area contributed by atoms with E-state index < -0.39 is 17.6 Å². The van der Waals surface area contributed by atoms with Crippen molar-refractivity contribution in [3.63, 3.8) is 0 Å². The topological polar surface area (TPSA) is 122 Å². The summed E-state index contributed by atoms with van der Waals surface area (Å²) in [6, 6.07) is 8.11. The Balaban J connectivity index is 1.41. The number of nitrogens with two attached hydrogens (primary N) is 1. The Labute approximate surface area is 234 Å². The number of pyridine rings is 1. The Morgan fingerprint density at radius 1 is 1.12 bits per heavy atom. The number of anilines is 2. The van der Waals surface area contributed by atoms with Gasteiger partial charge in [0.1, 0.15) is 28.7 Å². The summed E-state index contributed by atoms with van der Waals surface area (Å²) in [5.41, 5.74) is 7.47. The fourth-order valence-corrected chi connectivity index (χ4v) is 5.00. The number of fused-ring (bicyclic) bond motifs is 1. The molecule has 3 N–H and O–H groups in total. The Bertz CT molecular complexity index is 1580. The SMILES string of the molecule is CN(C)CC(=O)N1CCCC(c2nc(-c3ccc(C(=O)Nc4cc(C(F)(F)F)ccn4)cc3)c3c(N)nccn23)C1. The van der Waals surface area contributed by atoms with Gasteiger partial charge in [-0.25, -0.2) is 15.0 Å². The van der Waals surface area contributed by atoms with Crippen molar-refractivity contribution in [1.29, 1.82) is 0 Å². The average molecular weight is 567 g/mol.